The van der Waals surface area contributed by atoms with Gasteiger partial charge in [0.1, 0.15) is 11.4 Å². The Morgan fingerprint density at radius 2 is 1.53 bits per heavy atom. The number of hydrogen-bond donors (Lipinski definition) is 2. The van der Waals surface area contributed by atoms with Crippen LogP contribution in [-0.4, -0.2) is 61.2 Å². The maximum absolute atomic E-state index is 12.3. The third-order valence-electron chi connectivity index (χ3n) is 7.94. The van der Waals surface area contributed by atoms with E-state index >= 15 is 0 Å². The molecule has 0 saturated heterocycles. The lowest BCUT2D eigenvalue weighted by molar-refractivity contribution is 0.0522. The third kappa shape index (κ3) is 8.17. The third-order valence-corrected chi connectivity index (χ3v) is 12.3. The number of methoxy groups -OCH3 is 4. The van der Waals surface area contributed by atoms with Crippen molar-refractivity contribution in [1.82, 2.24) is 10.6 Å². The molecule has 0 saturated carbocycles. The van der Waals surface area contributed by atoms with Gasteiger partial charge in [0.25, 0.3) is 8.32 Å². The molecule has 3 rings (SSSR count). The number of amides is 1. The average molecular weight is 615 g/mol. The van der Waals surface area contributed by atoms with Crippen LogP contribution in [0.2, 0.25) is 18.1 Å². The molecule has 1 aliphatic rings. The van der Waals surface area contributed by atoms with E-state index in [0.717, 1.165) is 28.7 Å². The van der Waals surface area contributed by atoms with Crippen LogP contribution in [0.15, 0.2) is 30.3 Å². The van der Waals surface area contributed by atoms with E-state index in [4.69, 9.17) is 28.1 Å². The number of hydrogen-bond acceptors (Lipinski definition) is 8. The van der Waals surface area contributed by atoms with Crippen molar-refractivity contribution in [1.29, 1.82) is 0 Å². The standard InChI is InChI=1S/C33H50N2O7Si/c1-32(2,3)41-31(36)35-20-34-22-14-15-23-25(19-28(38-8)30(40-10)29(23)39-9)24(18-22)21-13-16-26(37-7)27(17-21)42-43(11,12)33(4,5)6/h13,16-19,22,34H,14-15,20H2,1-12H3,(H,35,36). The molecule has 1 aliphatic carbocycles. The first kappa shape index (κ1) is 34.1. The summed E-state index contributed by atoms with van der Waals surface area (Å²) in [7, 11) is 4.37. The normalized spacial score (nSPS) is 15.4. The molecular formula is C33H50N2O7Si. The van der Waals surface area contributed by atoms with Gasteiger partial charge in [-0.25, -0.2) is 4.79 Å². The molecule has 9 nitrogen and oxygen atoms in total. The Morgan fingerprint density at radius 1 is 0.884 bits per heavy atom. The number of carbonyl (C=O) groups excluding carboxylic acids is 1. The molecule has 0 radical (unpaired) electrons. The summed E-state index contributed by atoms with van der Waals surface area (Å²) in [5.41, 5.74) is 3.35. The van der Waals surface area contributed by atoms with Crippen LogP contribution in [0.1, 0.15) is 64.7 Å². The quantitative estimate of drug-likeness (QED) is 0.220. The van der Waals surface area contributed by atoms with Gasteiger partial charge in [0, 0.05) is 11.6 Å². The van der Waals surface area contributed by atoms with Crippen LogP contribution in [0, 0.1) is 0 Å². The summed E-state index contributed by atoms with van der Waals surface area (Å²) < 4.78 is 35.3. The smallest absolute Gasteiger partial charge is 0.408 e. The second-order valence-corrected chi connectivity index (χ2v) is 17.9. The van der Waals surface area contributed by atoms with Gasteiger partial charge in [-0.15, -0.1) is 0 Å². The van der Waals surface area contributed by atoms with Crippen molar-refractivity contribution in [3.63, 3.8) is 0 Å². The van der Waals surface area contributed by atoms with E-state index in [-0.39, 0.29) is 17.7 Å². The highest BCUT2D eigenvalue weighted by Gasteiger charge is 2.39. The fraction of sp³-hybridized carbons (Fsp3) is 0.545. The van der Waals surface area contributed by atoms with Crippen molar-refractivity contribution in [2.75, 3.05) is 35.1 Å². The van der Waals surface area contributed by atoms with Crippen LogP contribution in [0.5, 0.6) is 28.7 Å². The Balaban J connectivity index is 2.13. The highest BCUT2D eigenvalue weighted by molar-refractivity contribution is 6.74. The second kappa shape index (κ2) is 13.5. The predicted octanol–water partition coefficient (Wildman–Crippen LogP) is 6.92. The monoisotopic (exact) mass is 614 g/mol. The molecule has 0 fully saturated rings. The van der Waals surface area contributed by atoms with E-state index in [9.17, 15) is 4.79 Å². The second-order valence-electron chi connectivity index (χ2n) is 13.2. The Labute approximate surface area is 258 Å². The summed E-state index contributed by atoms with van der Waals surface area (Å²) >= 11 is 0. The predicted molar refractivity (Wildman–Crippen MR) is 173 cm³/mol. The van der Waals surface area contributed by atoms with Crippen LogP contribution >= 0.6 is 0 Å². The van der Waals surface area contributed by atoms with Crippen LogP contribution in [0.4, 0.5) is 4.79 Å². The number of alkyl carbamates (subject to hydrolysis) is 1. The topological polar surface area (TPSA) is 96.5 Å². The zero-order chi connectivity index (χ0) is 32.2. The number of fused-ring (bicyclic) bond motifs is 1. The molecule has 2 N–H and O–H groups in total. The van der Waals surface area contributed by atoms with Crippen molar-refractivity contribution < 1.29 is 32.9 Å². The molecule has 1 unspecified atom stereocenters. The maximum atomic E-state index is 12.3. The minimum absolute atomic E-state index is 0.00957. The van der Waals surface area contributed by atoms with Gasteiger partial charge in [-0.3, -0.25) is 5.32 Å². The number of carbonyl (C=O) groups is 1. The molecule has 2 aromatic carbocycles. The van der Waals surface area contributed by atoms with Gasteiger partial charge >= 0.3 is 6.09 Å². The Hall–Kier alpha value is -3.37. The van der Waals surface area contributed by atoms with E-state index in [0.29, 0.717) is 35.2 Å². The lowest BCUT2D eigenvalue weighted by atomic mass is 9.92. The summed E-state index contributed by atoms with van der Waals surface area (Å²) in [5, 5.41) is 6.28. The number of ether oxygens (including phenoxy) is 5. The highest BCUT2D eigenvalue weighted by atomic mass is 28.4. The summed E-state index contributed by atoms with van der Waals surface area (Å²) in [6.45, 7) is 16.8. The van der Waals surface area contributed by atoms with E-state index < -0.39 is 20.0 Å². The molecule has 10 heteroatoms. The first-order chi connectivity index (χ1) is 20.0. The van der Waals surface area contributed by atoms with Crippen molar-refractivity contribution in [3.8, 4) is 28.7 Å². The molecule has 1 atom stereocenters. The first-order valence-electron chi connectivity index (χ1n) is 14.7. The van der Waals surface area contributed by atoms with Crippen molar-refractivity contribution in [3.05, 3.63) is 47.0 Å². The fourth-order valence-electron chi connectivity index (χ4n) is 4.71. The molecule has 0 spiro atoms. The largest absolute Gasteiger partial charge is 0.541 e. The molecule has 0 aliphatic heterocycles. The van der Waals surface area contributed by atoms with Gasteiger partial charge in [0.2, 0.25) is 5.75 Å². The first-order valence-corrected chi connectivity index (χ1v) is 17.6. The number of benzene rings is 2. The average Bonchev–Trinajstić information content (AvgIpc) is 3.09. The van der Waals surface area contributed by atoms with Crippen LogP contribution in [-0.2, 0) is 11.2 Å². The summed E-state index contributed by atoms with van der Waals surface area (Å²) in [6.07, 6.45) is 3.17. The molecule has 0 bridgehead atoms. The van der Waals surface area contributed by atoms with Crippen LogP contribution < -0.4 is 34.0 Å². The zero-order valence-corrected chi connectivity index (χ0v) is 28.9. The molecule has 2 aromatic rings. The van der Waals surface area contributed by atoms with Crippen molar-refractivity contribution in [2.24, 2.45) is 0 Å². The van der Waals surface area contributed by atoms with Gasteiger partial charge in [-0.1, -0.05) is 32.9 Å². The van der Waals surface area contributed by atoms with Crippen molar-refractivity contribution in [2.45, 2.75) is 84.2 Å². The van der Waals surface area contributed by atoms with Crippen LogP contribution in [0.3, 0.4) is 0 Å². The van der Waals surface area contributed by atoms with Gasteiger partial charge in [0.15, 0.2) is 17.2 Å². The van der Waals surface area contributed by atoms with Crippen molar-refractivity contribution >= 4 is 20.0 Å². The minimum atomic E-state index is -2.17. The Morgan fingerprint density at radius 3 is 2.09 bits per heavy atom. The Kier molecular flexibility index (Phi) is 10.7. The summed E-state index contributed by atoms with van der Waals surface area (Å²) in [5.74, 6) is 3.17. The van der Waals surface area contributed by atoms with Gasteiger partial charge in [-0.05, 0) is 86.6 Å². The molecule has 0 aromatic heterocycles. The molecule has 238 valence electrons. The molecule has 0 heterocycles. The van der Waals surface area contributed by atoms with Gasteiger partial charge < -0.3 is 33.4 Å². The van der Waals surface area contributed by atoms with E-state index in [2.05, 4.69) is 56.6 Å². The summed E-state index contributed by atoms with van der Waals surface area (Å²) in [4.78, 5) is 12.3. The minimum Gasteiger partial charge on any atom is -0.541 e. The summed E-state index contributed by atoms with van der Waals surface area (Å²) in [6, 6.07) is 7.97. The Bertz CT molecular complexity index is 1330. The fourth-order valence-corrected chi connectivity index (χ4v) is 5.73. The molecular weight excluding hydrogens is 564 g/mol. The number of nitrogens with one attached hydrogen (secondary N) is 2. The van der Waals surface area contributed by atoms with E-state index in [1.165, 1.54) is 0 Å². The zero-order valence-electron chi connectivity index (χ0n) is 27.9. The molecule has 43 heavy (non-hydrogen) atoms. The van der Waals surface area contributed by atoms with Gasteiger partial charge in [-0.2, -0.15) is 0 Å². The SMILES string of the molecule is COc1ccc(C2=CC(NCNC(=O)OC(C)(C)C)CCc3c2cc(OC)c(OC)c3OC)cc1O[Si](C)(C)C(C)(C)C. The lowest BCUT2D eigenvalue weighted by Crippen LogP contribution is -2.43. The van der Waals surface area contributed by atoms with Crippen LogP contribution in [0.25, 0.3) is 5.57 Å². The maximum Gasteiger partial charge on any atom is 0.408 e. The number of rotatable bonds is 10. The van der Waals surface area contributed by atoms with E-state index in [1.54, 1.807) is 28.4 Å². The van der Waals surface area contributed by atoms with E-state index in [1.807, 2.05) is 39.0 Å². The molecule has 1 amide bonds. The highest BCUT2D eigenvalue weighted by Crippen LogP contribution is 2.48. The van der Waals surface area contributed by atoms with Gasteiger partial charge in [0.05, 0.1) is 35.1 Å². The lowest BCUT2D eigenvalue weighted by Gasteiger charge is -2.37.